The average Bonchev–Trinajstić information content (AvgIpc) is 2.82. The van der Waals surface area contributed by atoms with Gasteiger partial charge in [0, 0.05) is 22.3 Å². The van der Waals surface area contributed by atoms with Crippen molar-refractivity contribution in [1.29, 1.82) is 0 Å². The van der Waals surface area contributed by atoms with Crippen LogP contribution in [0.4, 0.5) is 11.4 Å². The third-order valence-electron chi connectivity index (χ3n) is 2.98. The summed E-state index contributed by atoms with van der Waals surface area (Å²) in [5.41, 5.74) is 7.77. The highest BCUT2D eigenvalue weighted by molar-refractivity contribution is 7.10. The first-order chi connectivity index (χ1) is 9.19. The quantitative estimate of drug-likeness (QED) is 0.834. The monoisotopic (exact) mass is 276 g/mol. The molecule has 0 radical (unpaired) electrons. The van der Waals surface area contributed by atoms with Gasteiger partial charge in [0.1, 0.15) is 5.75 Å². The molecule has 4 heteroatoms. The van der Waals surface area contributed by atoms with E-state index in [0.717, 1.165) is 35.0 Å². The fourth-order valence-electron chi connectivity index (χ4n) is 1.67. The predicted octanol–water partition coefficient (Wildman–Crippen LogP) is 4.12. The van der Waals surface area contributed by atoms with Crippen LogP contribution in [-0.4, -0.2) is 6.10 Å². The smallest absolute Gasteiger partial charge is 0.121 e. The summed E-state index contributed by atoms with van der Waals surface area (Å²) in [6, 6.07) is 9.97. The number of anilines is 2. The Hall–Kier alpha value is -1.68. The summed E-state index contributed by atoms with van der Waals surface area (Å²) in [5.74, 6) is 0.901. The third kappa shape index (κ3) is 3.89. The summed E-state index contributed by atoms with van der Waals surface area (Å²) in [6.45, 7) is 4.94. The van der Waals surface area contributed by atoms with Crippen LogP contribution in [0.15, 0.2) is 35.7 Å². The Bertz CT molecular complexity index is 524. The summed E-state index contributed by atoms with van der Waals surface area (Å²) >= 11 is 1.67. The van der Waals surface area contributed by atoms with E-state index >= 15 is 0 Å². The Labute approximate surface area is 118 Å². The van der Waals surface area contributed by atoms with Crippen LogP contribution < -0.4 is 15.8 Å². The normalized spacial score (nSPS) is 12.1. The lowest BCUT2D eigenvalue weighted by molar-refractivity contribution is 0.217. The van der Waals surface area contributed by atoms with Gasteiger partial charge in [0.25, 0.3) is 0 Å². The molecule has 19 heavy (non-hydrogen) atoms. The van der Waals surface area contributed by atoms with Crippen LogP contribution in [0.5, 0.6) is 5.75 Å². The molecule has 0 amide bonds. The lowest BCUT2D eigenvalue weighted by Gasteiger charge is -2.14. The second kappa shape index (κ2) is 6.48. The van der Waals surface area contributed by atoms with Gasteiger partial charge in [0.05, 0.1) is 12.6 Å². The third-order valence-corrected chi connectivity index (χ3v) is 3.92. The predicted molar refractivity (Wildman–Crippen MR) is 82.9 cm³/mol. The maximum Gasteiger partial charge on any atom is 0.121 e. The number of hydrogen-bond donors (Lipinski definition) is 2. The minimum absolute atomic E-state index is 0.239. The highest BCUT2D eigenvalue weighted by Gasteiger charge is 2.03. The summed E-state index contributed by atoms with van der Waals surface area (Å²) in [5, 5.41) is 5.38. The fraction of sp³-hybridized carbons (Fsp3) is 0.333. The van der Waals surface area contributed by atoms with Crippen molar-refractivity contribution < 1.29 is 4.74 Å². The molecule has 3 nitrogen and oxygen atoms in total. The molecule has 1 unspecified atom stereocenters. The van der Waals surface area contributed by atoms with Crippen molar-refractivity contribution in [2.45, 2.75) is 32.9 Å². The SMILES string of the molecule is CCC(C)Oc1cccc(NCc2sccc2N)c1. The van der Waals surface area contributed by atoms with E-state index in [9.17, 15) is 0 Å². The zero-order chi connectivity index (χ0) is 13.7. The molecule has 0 spiro atoms. The number of benzene rings is 1. The number of thiophene rings is 1. The Balaban J connectivity index is 1.97. The topological polar surface area (TPSA) is 47.3 Å². The molecule has 0 saturated carbocycles. The summed E-state index contributed by atoms with van der Waals surface area (Å²) in [7, 11) is 0. The van der Waals surface area contributed by atoms with Crippen LogP contribution in [0.2, 0.25) is 0 Å². The van der Waals surface area contributed by atoms with Gasteiger partial charge in [-0.3, -0.25) is 0 Å². The summed E-state index contributed by atoms with van der Waals surface area (Å²) < 4.78 is 5.80. The molecule has 1 heterocycles. The van der Waals surface area contributed by atoms with Gasteiger partial charge in [-0.05, 0) is 36.9 Å². The lowest BCUT2D eigenvalue weighted by Crippen LogP contribution is -2.09. The number of hydrogen-bond acceptors (Lipinski definition) is 4. The first-order valence-electron chi connectivity index (χ1n) is 6.51. The number of nitrogens with one attached hydrogen (secondary N) is 1. The van der Waals surface area contributed by atoms with Crippen molar-refractivity contribution in [2.24, 2.45) is 0 Å². The second-order valence-electron chi connectivity index (χ2n) is 4.52. The first kappa shape index (κ1) is 13.7. The Kier molecular flexibility index (Phi) is 4.68. The van der Waals surface area contributed by atoms with E-state index in [1.165, 1.54) is 0 Å². The Morgan fingerprint density at radius 1 is 1.37 bits per heavy atom. The molecule has 2 aromatic rings. The second-order valence-corrected chi connectivity index (χ2v) is 5.52. The largest absolute Gasteiger partial charge is 0.491 e. The number of ether oxygens (including phenoxy) is 1. The first-order valence-corrected chi connectivity index (χ1v) is 7.39. The van der Waals surface area contributed by atoms with E-state index < -0.39 is 0 Å². The molecule has 1 aromatic carbocycles. The van der Waals surface area contributed by atoms with Crippen LogP contribution in [0.25, 0.3) is 0 Å². The zero-order valence-corrected chi connectivity index (χ0v) is 12.2. The van der Waals surface area contributed by atoms with Crippen molar-refractivity contribution in [1.82, 2.24) is 0 Å². The highest BCUT2D eigenvalue weighted by atomic mass is 32.1. The molecule has 3 N–H and O–H groups in total. The van der Waals surface area contributed by atoms with Crippen molar-refractivity contribution in [2.75, 3.05) is 11.1 Å². The molecular formula is C15H20N2OS. The van der Waals surface area contributed by atoms with Crippen molar-refractivity contribution in [3.8, 4) is 5.75 Å². The van der Waals surface area contributed by atoms with Gasteiger partial charge in [0.15, 0.2) is 0 Å². The van der Waals surface area contributed by atoms with E-state index in [4.69, 9.17) is 10.5 Å². The molecule has 0 aliphatic rings. The molecular weight excluding hydrogens is 256 g/mol. The van der Waals surface area contributed by atoms with Crippen LogP contribution in [0.3, 0.4) is 0 Å². The van der Waals surface area contributed by atoms with E-state index in [1.54, 1.807) is 11.3 Å². The minimum Gasteiger partial charge on any atom is -0.491 e. The van der Waals surface area contributed by atoms with Crippen LogP contribution in [0, 0.1) is 0 Å². The van der Waals surface area contributed by atoms with Crippen molar-refractivity contribution in [3.63, 3.8) is 0 Å². The van der Waals surface area contributed by atoms with E-state index in [0.29, 0.717) is 0 Å². The summed E-state index contributed by atoms with van der Waals surface area (Å²) in [4.78, 5) is 1.16. The molecule has 0 bridgehead atoms. The molecule has 0 fully saturated rings. The number of nitrogen functional groups attached to an aromatic ring is 1. The van der Waals surface area contributed by atoms with Crippen molar-refractivity contribution >= 4 is 22.7 Å². The molecule has 0 aliphatic carbocycles. The van der Waals surface area contributed by atoms with E-state index in [1.807, 2.05) is 35.7 Å². The summed E-state index contributed by atoms with van der Waals surface area (Å²) in [6.07, 6.45) is 1.24. The average molecular weight is 276 g/mol. The van der Waals surface area contributed by atoms with Gasteiger partial charge in [-0.15, -0.1) is 11.3 Å². The van der Waals surface area contributed by atoms with Crippen LogP contribution in [0.1, 0.15) is 25.1 Å². The van der Waals surface area contributed by atoms with E-state index in [2.05, 4.69) is 19.2 Å². The molecule has 0 saturated heterocycles. The van der Waals surface area contributed by atoms with Crippen LogP contribution in [-0.2, 0) is 6.54 Å². The minimum atomic E-state index is 0.239. The van der Waals surface area contributed by atoms with Gasteiger partial charge in [-0.1, -0.05) is 13.0 Å². The molecule has 102 valence electrons. The molecule has 0 aliphatic heterocycles. The lowest BCUT2D eigenvalue weighted by atomic mass is 10.2. The molecule has 1 aromatic heterocycles. The Morgan fingerprint density at radius 2 is 2.21 bits per heavy atom. The fourth-order valence-corrected chi connectivity index (χ4v) is 2.41. The number of nitrogens with two attached hydrogens (primary N) is 1. The highest BCUT2D eigenvalue weighted by Crippen LogP contribution is 2.23. The maximum atomic E-state index is 5.86. The zero-order valence-electron chi connectivity index (χ0n) is 11.3. The van der Waals surface area contributed by atoms with Gasteiger partial charge in [-0.2, -0.15) is 0 Å². The van der Waals surface area contributed by atoms with Gasteiger partial charge in [0.2, 0.25) is 0 Å². The van der Waals surface area contributed by atoms with Gasteiger partial charge < -0.3 is 15.8 Å². The standard InChI is InChI=1S/C15H20N2OS/c1-3-11(2)18-13-6-4-5-12(9-13)17-10-15-14(16)7-8-19-15/h4-9,11,17H,3,10,16H2,1-2H3. The van der Waals surface area contributed by atoms with Gasteiger partial charge >= 0.3 is 0 Å². The van der Waals surface area contributed by atoms with Crippen molar-refractivity contribution in [3.05, 3.63) is 40.6 Å². The van der Waals surface area contributed by atoms with Crippen LogP contribution >= 0.6 is 11.3 Å². The van der Waals surface area contributed by atoms with Gasteiger partial charge in [-0.25, -0.2) is 0 Å². The molecule has 2 rings (SSSR count). The number of rotatable bonds is 6. The Morgan fingerprint density at radius 3 is 2.89 bits per heavy atom. The maximum absolute atomic E-state index is 5.86. The molecule has 1 atom stereocenters. The van der Waals surface area contributed by atoms with E-state index in [-0.39, 0.29) is 6.10 Å².